The number of benzene rings is 2. The maximum atomic E-state index is 5.16. The van der Waals surface area contributed by atoms with Crippen LogP contribution in [-0.2, 0) is 0 Å². The van der Waals surface area contributed by atoms with E-state index >= 15 is 0 Å². The Morgan fingerprint density at radius 2 is 1.68 bits per heavy atom. The van der Waals surface area contributed by atoms with Crippen LogP contribution in [0.5, 0.6) is 5.75 Å². The third kappa shape index (κ3) is 3.75. The molecule has 2 heteroatoms. The van der Waals surface area contributed by atoms with Crippen molar-refractivity contribution in [3.8, 4) is 5.75 Å². The molecule has 0 aliphatic heterocycles. The van der Waals surface area contributed by atoms with Crippen LogP contribution in [0.1, 0.15) is 24.8 Å². The quantitative estimate of drug-likeness (QED) is 0.831. The van der Waals surface area contributed by atoms with E-state index in [-0.39, 0.29) is 0 Å². The normalized spacial score (nSPS) is 11.9. The summed E-state index contributed by atoms with van der Waals surface area (Å²) in [4.78, 5) is 0. The molecule has 100 valence electrons. The zero-order valence-corrected chi connectivity index (χ0v) is 11.6. The number of rotatable bonds is 6. The van der Waals surface area contributed by atoms with Crippen molar-refractivity contribution in [3.05, 3.63) is 60.2 Å². The van der Waals surface area contributed by atoms with E-state index < -0.39 is 0 Å². The van der Waals surface area contributed by atoms with Gasteiger partial charge in [0.15, 0.2) is 0 Å². The molecule has 1 atom stereocenters. The van der Waals surface area contributed by atoms with Crippen molar-refractivity contribution >= 4 is 5.69 Å². The zero-order chi connectivity index (χ0) is 13.5. The van der Waals surface area contributed by atoms with Gasteiger partial charge in [-0.2, -0.15) is 0 Å². The first-order valence-electron chi connectivity index (χ1n) is 6.76. The number of hydrogen-bond donors (Lipinski definition) is 1. The summed E-state index contributed by atoms with van der Waals surface area (Å²) in [6.07, 6.45) is 1.13. The van der Waals surface area contributed by atoms with Gasteiger partial charge in [0.2, 0.25) is 0 Å². The first-order chi connectivity index (χ1) is 9.33. The molecule has 2 nitrogen and oxygen atoms in total. The van der Waals surface area contributed by atoms with Crippen molar-refractivity contribution < 1.29 is 4.74 Å². The minimum Gasteiger partial charge on any atom is -0.497 e. The molecule has 0 aromatic heterocycles. The largest absolute Gasteiger partial charge is 0.497 e. The second kappa shape index (κ2) is 6.83. The van der Waals surface area contributed by atoms with Crippen molar-refractivity contribution in [2.24, 2.45) is 0 Å². The third-order valence-corrected chi connectivity index (χ3v) is 3.41. The smallest absolute Gasteiger partial charge is 0.119 e. The Bertz CT molecular complexity index is 478. The number of nitrogens with one attached hydrogen (secondary N) is 1. The van der Waals surface area contributed by atoms with Crippen LogP contribution in [0.15, 0.2) is 54.6 Å². The summed E-state index contributed by atoms with van der Waals surface area (Å²) >= 11 is 0. The van der Waals surface area contributed by atoms with E-state index in [1.807, 2.05) is 12.1 Å². The number of anilines is 1. The molecule has 0 spiro atoms. The van der Waals surface area contributed by atoms with Crippen molar-refractivity contribution in [2.75, 3.05) is 19.0 Å². The highest BCUT2D eigenvalue weighted by Gasteiger charge is 2.08. The average molecular weight is 255 g/mol. The summed E-state index contributed by atoms with van der Waals surface area (Å²) in [6.45, 7) is 3.18. The summed E-state index contributed by atoms with van der Waals surface area (Å²) in [7, 11) is 1.69. The fourth-order valence-corrected chi connectivity index (χ4v) is 2.17. The summed E-state index contributed by atoms with van der Waals surface area (Å²) < 4.78 is 5.16. The first kappa shape index (κ1) is 13.5. The zero-order valence-electron chi connectivity index (χ0n) is 11.6. The Hall–Kier alpha value is -1.96. The SMILES string of the molecule is CC[C@H](CNc1ccc(OC)cc1)c1ccccc1. The van der Waals surface area contributed by atoms with Gasteiger partial charge in [-0.3, -0.25) is 0 Å². The van der Waals surface area contributed by atoms with E-state index in [0.717, 1.165) is 24.4 Å². The topological polar surface area (TPSA) is 21.3 Å². The Labute approximate surface area is 115 Å². The van der Waals surface area contributed by atoms with Crippen LogP contribution in [-0.4, -0.2) is 13.7 Å². The number of ether oxygens (including phenoxy) is 1. The van der Waals surface area contributed by atoms with Gasteiger partial charge >= 0.3 is 0 Å². The van der Waals surface area contributed by atoms with Crippen LogP contribution in [0.25, 0.3) is 0 Å². The molecule has 0 saturated heterocycles. The van der Waals surface area contributed by atoms with Gasteiger partial charge in [-0.25, -0.2) is 0 Å². The molecule has 19 heavy (non-hydrogen) atoms. The van der Waals surface area contributed by atoms with Gasteiger partial charge in [0.05, 0.1) is 7.11 Å². The third-order valence-electron chi connectivity index (χ3n) is 3.41. The maximum absolute atomic E-state index is 5.16. The average Bonchev–Trinajstić information content (AvgIpc) is 2.49. The van der Waals surface area contributed by atoms with Crippen molar-refractivity contribution in [1.82, 2.24) is 0 Å². The van der Waals surface area contributed by atoms with E-state index in [1.165, 1.54) is 5.56 Å². The van der Waals surface area contributed by atoms with E-state index in [1.54, 1.807) is 7.11 Å². The van der Waals surface area contributed by atoms with Gasteiger partial charge in [0.25, 0.3) is 0 Å². The lowest BCUT2D eigenvalue weighted by molar-refractivity contribution is 0.415. The lowest BCUT2D eigenvalue weighted by Gasteiger charge is -2.17. The highest BCUT2D eigenvalue weighted by molar-refractivity contribution is 5.46. The molecular weight excluding hydrogens is 234 g/mol. The Morgan fingerprint density at radius 3 is 2.26 bits per heavy atom. The molecule has 1 N–H and O–H groups in total. The molecule has 2 rings (SSSR count). The molecular formula is C17H21NO. The molecule has 0 amide bonds. The summed E-state index contributed by atoms with van der Waals surface area (Å²) in [5, 5.41) is 3.49. The fourth-order valence-electron chi connectivity index (χ4n) is 2.17. The molecule has 2 aromatic rings. The van der Waals surface area contributed by atoms with Crippen LogP contribution in [0.2, 0.25) is 0 Å². The molecule has 0 aliphatic rings. The van der Waals surface area contributed by atoms with Crippen molar-refractivity contribution in [2.45, 2.75) is 19.3 Å². The van der Waals surface area contributed by atoms with Crippen molar-refractivity contribution in [1.29, 1.82) is 0 Å². The van der Waals surface area contributed by atoms with E-state index in [4.69, 9.17) is 4.74 Å². The molecule has 0 radical (unpaired) electrons. The van der Waals surface area contributed by atoms with Gasteiger partial charge in [-0.1, -0.05) is 37.3 Å². The van der Waals surface area contributed by atoms with Gasteiger partial charge in [-0.15, -0.1) is 0 Å². The van der Waals surface area contributed by atoms with Gasteiger partial charge < -0.3 is 10.1 Å². The Morgan fingerprint density at radius 1 is 1.00 bits per heavy atom. The van der Waals surface area contributed by atoms with E-state index in [0.29, 0.717) is 5.92 Å². The van der Waals surface area contributed by atoms with Crippen LogP contribution in [0, 0.1) is 0 Å². The molecule has 0 unspecified atom stereocenters. The predicted molar refractivity (Wildman–Crippen MR) is 81.0 cm³/mol. The van der Waals surface area contributed by atoms with E-state index in [9.17, 15) is 0 Å². The predicted octanol–water partition coefficient (Wildman–Crippen LogP) is 4.30. The Kier molecular flexibility index (Phi) is 4.85. The summed E-state index contributed by atoms with van der Waals surface area (Å²) in [6, 6.07) is 18.7. The molecule has 2 aromatic carbocycles. The highest BCUT2D eigenvalue weighted by Crippen LogP contribution is 2.21. The second-order valence-electron chi connectivity index (χ2n) is 4.63. The van der Waals surface area contributed by atoms with Crippen LogP contribution in [0.3, 0.4) is 0 Å². The van der Waals surface area contributed by atoms with Gasteiger partial charge in [0.1, 0.15) is 5.75 Å². The van der Waals surface area contributed by atoms with Crippen LogP contribution >= 0.6 is 0 Å². The minimum absolute atomic E-state index is 0.545. The lowest BCUT2D eigenvalue weighted by atomic mass is 9.96. The van der Waals surface area contributed by atoms with Gasteiger partial charge in [-0.05, 0) is 36.2 Å². The minimum atomic E-state index is 0.545. The maximum Gasteiger partial charge on any atom is 0.119 e. The highest BCUT2D eigenvalue weighted by atomic mass is 16.5. The standard InChI is InChI=1S/C17H21NO/c1-3-14(15-7-5-4-6-8-15)13-18-16-9-11-17(19-2)12-10-16/h4-12,14,18H,3,13H2,1-2H3/t14-/m1/s1. The summed E-state index contributed by atoms with van der Waals surface area (Å²) in [5.74, 6) is 1.43. The van der Waals surface area contributed by atoms with Crippen molar-refractivity contribution in [3.63, 3.8) is 0 Å². The molecule has 0 aliphatic carbocycles. The Balaban J connectivity index is 1.96. The molecule has 0 bridgehead atoms. The molecule has 0 fully saturated rings. The molecule has 0 heterocycles. The molecule has 0 saturated carbocycles. The monoisotopic (exact) mass is 255 g/mol. The number of hydrogen-bond acceptors (Lipinski definition) is 2. The lowest BCUT2D eigenvalue weighted by Crippen LogP contribution is -2.11. The second-order valence-corrected chi connectivity index (χ2v) is 4.63. The first-order valence-corrected chi connectivity index (χ1v) is 6.76. The summed E-state index contributed by atoms with van der Waals surface area (Å²) in [5.41, 5.74) is 2.53. The van der Waals surface area contributed by atoms with Gasteiger partial charge in [0, 0.05) is 18.2 Å². The number of methoxy groups -OCH3 is 1. The van der Waals surface area contributed by atoms with Crippen LogP contribution < -0.4 is 10.1 Å². The van der Waals surface area contributed by atoms with Crippen LogP contribution in [0.4, 0.5) is 5.69 Å². The fraction of sp³-hybridized carbons (Fsp3) is 0.294. The van der Waals surface area contributed by atoms with E-state index in [2.05, 4.69) is 54.7 Å².